The molecule has 0 fully saturated rings. The van der Waals surface area contributed by atoms with Gasteiger partial charge >= 0.3 is 6.18 Å². The molecule has 1 aromatic carbocycles. The number of nitrogens with one attached hydrogen (secondary N) is 2. The van der Waals surface area contributed by atoms with Crippen LogP contribution in [-0.2, 0) is 24.1 Å². The van der Waals surface area contributed by atoms with Crippen molar-refractivity contribution in [2.75, 3.05) is 0 Å². The molecule has 2 amide bonds. The van der Waals surface area contributed by atoms with Crippen molar-refractivity contribution in [2.24, 2.45) is 5.73 Å². The number of rotatable bonds is 7. The molecule has 4 N–H and O–H groups in total. The molecule has 2 aromatic heterocycles. The van der Waals surface area contributed by atoms with Crippen molar-refractivity contribution in [1.29, 1.82) is 0 Å². The Balaban J connectivity index is 1.83. The molecule has 0 saturated heterocycles. The maximum atomic E-state index is 13.2. The number of benzene rings is 1. The SMILES string of the molecule is C[C@H](N)C(=O)NCc1cc(-n2nc(C(F)(F)F)cc2C(=O)NCc2ccccc2)cs1. The van der Waals surface area contributed by atoms with Crippen molar-refractivity contribution >= 4 is 23.2 Å². The molecule has 0 aliphatic rings. The predicted octanol–water partition coefficient (Wildman–Crippen LogP) is 2.85. The summed E-state index contributed by atoms with van der Waals surface area (Å²) in [5.74, 6) is -1.04. The molecule has 0 radical (unpaired) electrons. The number of thiophene rings is 1. The maximum absolute atomic E-state index is 13.2. The molecule has 0 aliphatic carbocycles. The average molecular weight is 451 g/mol. The lowest BCUT2D eigenvalue weighted by molar-refractivity contribution is -0.141. The topological polar surface area (TPSA) is 102 Å². The second kappa shape index (κ2) is 9.31. The molecular weight excluding hydrogens is 431 g/mol. The van der Waals surface area contributed by atoms with Gasteiger partial charge in [-0.3, -0.25) is 9.59 Å². The molecule has 164 valence electrons. The number of carbonyl (C=O) groups is 2. The number of carbonyl (C=O) groups excluding carboxylic acids is 2. The summed E-state index contributed by atoms with van der Waals surface area (Å²) in [4.78, 5) is 24.9. The summed E-state index contributed by atoms with van der Waals surface area (Å²) in [5.41, 5.74) is 5.17. The lowest BCUT2D eigenvalue weighted by atomic mass is 10.2. The molecule has 0 saturated carbocycles. The van der Waals surface area contributed by atoms with Crippen LogP contribution in [0, 0.1) is 0 Å². The summed E-state index contributed by atoms with van der Waals surface area (Å²) in [6, 6.07) is 10.6. The van der Waals surface area contributed by atoms with Crippen LogP contribution in [0.15, 0.2) is 47.8 Å². The van der Waals surface area contributed by atoms with Crippen LogP contribution in [-0.4, -0.2) is 27.6 Å². The van der Waals surface area contributed by atoms with Gasteiger partial charge in [0, 0.05) is 22.9 Å². The lowest BCUT2D eigenvalue weighted by Gasteiger charge is -2.07. The number of aromatic nitrogens is 2. The Morgan fingerprint density at radius 3 is 2.52 bits per heavy atom. The Hall–Kier alpha value is -3.18. The highest BCUT2D eigenvalue weighted by Crippen LogP contribution is 2.30. The molecule has 2 heterocycles. The highest BCUT2D eigenvalue weighted by molar-refractivity contribution is 7.10. The third-order valence-corrected chi connectivity index (χ3v) is 5.19. The summed E-state index contributed by atoms with van der Waals surface area (Å²) >= 11 is 1.22. The predicted molar refractivity (Wildman–Crippen MR) is 110 cm³/mol. The van der Waals surface area contributed by atoms with Crippen LogP contribution in [0.25, 0.3) is 5.69 Å². The molecule has 0 spiro atoms. The van der Waals surface area contributed by atoms with Crippen molar-refractivity contribution < 1.29 is 22.8 Å². The first-order chi connectivity index (χ1) is 14.6. The van der Waals surface area contributed by atoms with Crippen LogP contribution in [0.1, 0.15) is 33.5 Å². The first-order valence-electron chi connectivity index (χ1n) is 9.25. The van der Waals surface area contributed by atoms with Gasteiger partial charge in [-0.15, -0.1) is 11.3 Å². The van der Waals surface area contributed by atoms with Gasteiger partial charge in [0.25, 0.3) is 5.91 Å². The van der Waals surface area contributed by atoms with E-state index in [-0.39, 0.29) is 30.4 Å². The summed E-state index contributed by atoms with van der Waals surface area (Å²) in [7, 11) is 0. The van der Waals surface area contributed by atoms with E-state index in [4.69, 9.17) is 5.73 Å². The third kappa shape index (κ3) is 5.70. The van der Waals surface area contributed by atoms with E-state index in [0.29, 0.717) is 4.88 Å². The summed E-state index contributed by atoms with van der Waals surface area (Å²) in [6.45, 7) is 1.86. The second-order valence-electron chi connectivity index (χ2n) is 6.77. The van der Waals surface area contributed by atoms with Gasteiger partial charge in [0.15, 0.2) is 5.69 Å². The fourth-order valence-corrected chi connectivity index (χ4v) is 3.44. The zero-order valence-corrected chi connectivity index (χ0v) is 17.3. The van der Waals surface area contributed by atoms with Crippen LogP contribution in [0.2, 0.25) is 0 Å². The largest absolute Gasteiger partial charge is 0.435 e. The van der Waals surface area contributed by atoms with Gasteiger partial charge < -0.3 is 16.4 Å². The quantitative estimate of drug-likeness (QED) is 0.514. The van der Waals surface area contributed by atoms with E-state index in [0.717, 1.165) is 16.3 Å². The zero-order chi connectivity index (χ0) is 22.6. The summed E-state index contributed by atoms with van der Waals surface area (Å²) in [5, 5.41) is 10.4. The van der Waals surface area contributed by atoms with Gasteiger partial charge in [-0.05, 0) is 18.6 Å². The van der Waals surface area contributed by atoms with Gasteiger partial charge in [-0.1, -0.05) is 30.3 Å². The molecule has 0 bridgehead atoms. The number of halogens is 3. The van der Waals surface area contributed by atoms with Gasteiger partial charge in [0.1, 0.15) is 5.69 Å². The van der Waals surface area contributed by atoms with E-state index in [9.17, 15) is 22.8 Å². The normalized spacial score (nSPS) is 12.4. The third-order valence-electron chi connectivity index (χ3n) is 4.26. The molecule has 0 aliphatic heterocycles. The molecule has 3 aromatic rings. The Morgan fingerprint density at radius 2 is 1.87 bits per heavy atom. The lowest BCUT2D eigenvalue weighted by Crippen LogP contribution is -2.37. The van der Waals surface area contributed by atoms with E-state index in [1.807, 2.05) is 6.07 Å². The Bertz CT molecular complexity index is 1060. The van der Waals surface area contributed by atoms with Gasteiger partial charge in [-0.25, -0.2) is 4.68 Å². The number of hydrogen-bond acceptors (Lipinski definition) is 5. The van der Waals surface area contributed by atoms with Gasteiger partial charge in [-0.2, -0.15) is 18.3 Å². The van der Waals surface area contributed by atoms with Crippen LogP contribution in [0.5, 0.6) is 0 Å². The number of amides is 2. The van der Waals surface area contributed by atoms with Crippen molar-refractivity contribution in [3.8, 4) is 5.69 Å². The van der Waals surface area contributed by atoms with Crippen molar-refractivity contribution in [3.63, 3.8) is 0 Å². The molecule has 1 atom stereocenters. The summed E-state index contributed by atoms with van der Waals surface area (Å²) < 4.78 is 40.7. The molecule has 7 nitrogen and oxygen atoms in total. The first kappa shape index (κ1) is 22.5. The maximum Gasteiger partial charge on any atom is 0.435 e. The fraction of sp³-hybridized carbons (Fsp3) is 0.250. The minimum absolute atomic E-state index is 0.157. The second-order valence-corrected chi connectivity index (χ2v) is 7.77. The Kier molecular flexibility index (Phi) is 6.76. The van der Waals surface area contributed by atoms with E-state index < -0.39 is 23.8 Å². The standard InChI is InChI=1S/C20H20F3N5O2S/c1-12(24)18(29)26-10-15-7-14(11-31-15)28-16(8-17(27-28)20(21,22)23)19(30)25-9-13-5-3-2-4-6-13/h2-8,11-12H,9-10,24H2,1H3,(H,25,30)(H,26,29)/t12-/m0/s1. The van der Waals surface area contributed by atoms with Crippen LogP contribution < -0.4 is 16.4 Å². The minimum atomic E-state index is -4.70. The molecule has 0 unspecified atom stereocenters. The van der Waals surface area contributed by atoms with E-state index in [2.05, 4.69) is 15.7 Å². The van der Waals surface area contributed by atoms with Crippen molar-refractivity contribution in [1.82, 2.24) is 20.4 Å². The van der Waals surface area contributed by atoms with E-state index in [1.165, 1.54) is 18.3 Å². The van der Waals surface area contributed by atoms with Crippen LogP contribution in [0.3, 0.4) is 0 Å². The van der Waals surface area contributed by atoms with Crippen molar-refractivity contribution in [3.05, 3.63) is 69.7 Å². The van der Waals surface area contributed by atoms with Gasteiger partial charge in [0.2, 0.25) is 5.91 Å². The van der Waals surface area contributed by atoms with Crippen molar-refractivity contribution in [2.45, 2.75) is 32.2 Å². The number of nitrogens with two attached hydrogens (primary N) is 1. The highest BCUT2D eigenvalue weighted by Gasteiger charge is 2.36. The first-order valence-corrected chi connectivity index (χ1v) is 10.1. The van der Waals surface area contributed by atoms with Crippen LogP contribution >= 0.6 is 11.3 Å². The van der Waals surface area contributed by atoms with Gasteiger partial charge in [0.05, 0.1) is 18.3 Å². The zero-order valence-electron chi connectivity index (χ0n) is 16.4. The Labute approximate surface area is 180 Å². The number of alkyl halides is 3. The fourth-order valence-electron chi connectivity index (χ4n) is 2.65. The number of hydrogen-bond donors (Lipinski definition) is 3. The van der Waals surface area contributed by atoms with E-state index in [1.54, 1.807) is 35.7 Å². The highest BCUT2D eigenvalue weighted by atomic mass is 32.1. The summed E-state index contributed by atoms with van der Waals surface area (Å²) in [6.07, 6.45) is -4.70. The minimum Gasteiger partial charge on any atom is -0.350 e. The average Bonchev–Trinajstić information content (AvgIpc) is 3.37. The monoisotopic (exact) mass is 451 g/mol. The smallest absolute Gasteiger partial charge is 0.350 e. The molecule has 3 rings (SSSR count). The Morgan fingerprint density at radius 1 is 1.16 bits per heavy atom. The number of nitrogens with zero attached hydrogens (tertiary/aromatic N) is 2. The molecule has 31 heavy (non-hydrogen) atoms. The molecular formula is C20H20F3N5O2S. The molecule has 11 heteroatoms. The van der Waals surface area contributed by atoms with Crippen LogP contribution in [0.4, 0.5) is 13.2 Å². The van der Waals surface area contributed by atoms with E-state index >= 15 is 0 Å².